The number of rotatable bonds is 8. The van der Waals surface area contributed by atoms with Gasteiger partial charge in [-0.25, -0.2) is 9.59 Å². The van der Waals surface area contributed by atoms with E-state index in [1.807, 2.05) is 13.8 Å². The highest BCUT2D eigenvalue weighted by Crippen LogP contribution is 2.31. The van der Waals surface area contributed by atoms with Crippen LogP contribution in [0, 0.1) is 0 Å². The highest BCUT2D eigenvalue weighted by Gasteiger charge is 2.24. The Kier molecular flexibility index (Phi) is 6.02. The second-order valence-electron chi connectivity index (χ2n) is 4.53. The highest BCUT2D eigenvalue weighted by molar-refractivity contribution is 7.16. The molecule has 0 amide bonds. The van der Waals surface area contributed by atoms with Crippen LogP contribution in [0.2, 0.25) is 0 Å². The summed E-state index contributed by atoms with van der Waals surface area (Å²) in [5.74, 6) is -2.03. The van der Waals surface area contributed by atoms with Crippen molar-refractivity contribution in [3.05, 3.63) is 20.9 Å². The summed E-state index contributed by atoms with van der Waals surface area (Å²) in [4.78, 5) is 22.9. The van der Waals surface area contributed by atoms with E-state index in [1.54, 1.807) is 0 Å². The largest absolute Gasteiger partial charge is 0.477 e. The molecule has 5 heteroatoms. The van der Waals surface area contributed by atoms with Gasteiger partial charge in [0.25, 0.3) is 0 Å². The third kappa shape index (κ3) is 3.80. The fourth-order valence-corrected chi connectivity index (χ4v) is 3.16. The van der Waals surface area contributed by atoms with E-state index >= 15 is 0 Å². The normalized spacial score (nSPS) is 10.6. The molecule has 0 atom stereocenters. The van der Waals surface area contributed by atoms with Gasteiger partial charge in [-0.15, -0.1) is 11.3 Å². The molecule has 4 nitrogen and oxygen atoms in total. The molecule has 0 unspecified atom stereocenters. The predicted octanol–water partition coefficient (Wildman–Crippen LogP) is 3.83. The number of thiophene rings is 1. The van der Waals surface area contributed by atoms with E-state index < -0.39 is 11.9 Å². The molecule has 0 fully saturated rings. The minimum atomic E-state index is -1.01. The molecule has 1 aromatic heterocycles. The predicted molar refractivity (Wildman–Crippen MR) is 75.5 cm³/mol. The molecule has 0 aromatic carbocycles. The van der Waals surface area contributed by atoms with Crippen molar-refractivity contribution in [2.24, 2.45) is 0 Å². The van der Waals surface area contributed by atoms with E-state index in [0.29, 0.717) is 12.8 Å². The molecular weight excluding hydrogens is 264 g/mol. The molecule has 106 valence electrons. The van der Waals surface area contributed by atoms with Crippen LogP contribution in [-0.4, -0.2) is 22.2 Å². The third-order valence-corrected chi connectivity index (χ3v) is 4.32. The first-order valence-corrected chi connectivity index (χ1v) is 7.45. The second kappa shape index (κ2) is 7.28. The van der Waals surface area contributed by atoms with Gasteiger partial charge in [0.15, 0.2) is 0 Å². The van der Waals surface area contributed by atoms with Gasteiger partial charge in [0.1, 0.15) is 9.75 Å². The summed E-state index contributed by atoms with van der Waals surface area (Å²) in [6.07, 6.45) is 5.00. The fourth-order valence-electron chi connectivity index (χ4n) is 2.08. The van der Waals surface area contributed by atoms with E-state index in [0.717, 1.165) is 48.1 Å². The number of hydrogen-bond acceptors (Lipinski definition) is 3. The zero-order valence-electron chi connectivity index (χ0n) is 11.4. The van der Waals surface area contributed by atoms with Crippen LogP contribution in [0.4, 0.5) is 0 Å². The lowest BCUT2D eigenvalue weighted by Crippen LogP contribution is -2.03. The summed E-state index contributed by atoms with van der Waals surface area (Å²) in [6, 6.07) is 0. The van der Waals surface area contributed by atoms with E-state index in [9.17, 15) is 19.8 Å². The van der Waals surface area contributed by atoms with Gasteiger partial charge >= 0.3 is 11.9 Å². The summed E-state index contributed by atoms with van der Waals surface area (Å²) >= 11 is 0.904. The van der Waals surface area contributed by atoms with Crippen LogP contribution in [0.25, 0.3) is 0 Å². The Labute approximate surface area is 117 Å². The minimum Gasteiger partial charge on any atom is -0.477 e. The van der Waals surface area contributed by atoms with Crippen LogP contribution >= 0.6 is 11.3 Å². The molecule has 19 heavy (non-hydrogen) atoms. The van der Waals surface area contributed by atoms with Crippen molar-refractivity contribution in [3.8, 4) is 0 Å². The van der Waals surface area contributed by atoms with E-state index in [4.69, 9.17) is 0 Å². The number of carboxylic acids is 2. The Morgan fingerprint density at radius 3 is 1.53 bits per heavy atom. The summed E-state index contributed by atoms with van der Waals surface area (Å²) in [5.41, 5.74) is 1.48. The van der Waals surface area contributed by atoms with Gasteiger partial charge < -0.3 is 10.2 Å². The summed E-state index contributed by atoms with van der Waals surface area (Å²) < 4.78 is 0. The van der Waals surface area contributed by atoms with Gasteiger partial charge in [-0.3, -0.25) is 0 Å². The van der Waals surface area contributed by atoms with Crippen LogP contribution in [-0.2, 0) is 12.8 Å². The topological polar surface area (TPSA) is 74.6 Å². The lowest BCUT2D eigenvalue weighted by molar-refractivity contribution is 0.0691. The molecule has 0 aliphatic rings. The summed E-state index contributed by atoms with van der Waals surface area (Å²) in [5, 5.41) is 18.5. The second-order valence-corrected chi connectivity index (χ2v) is 5.56. The molecule has 0 spiro atoms. The number of aromatic carboxylic acids is 2. The maximum atomic E-state index is 11.3. The van der Waals surface area contributed by atoms with Gasteiger partial charge in [0.2, 0.25) is 0 Å². The zero-order chi connectivity index (χ0) is 14.4. The van der Waals surface area contributed by atoms with Crippen molar-refractivity contribution < 1.29 is 19.8 Å². The molecule has 1 aromatic rings. The molecule has 0 saturated heterocycles. The van der Waals surface area contributed by atoms with Crippen LogP contribution in [0.15, 0.2) is 0 Å². The average Bonchev–Trinajstić information content (AvgIpc) is 2.72. The zero-order valence-corrected chi connectivity index (χ0v) is 12.2. The molecule has 0 radical (unpaired) electrons. The first kappa shape index (κ1) is 15.7. The van der Waals surface area contributed by atoms with Crippen molar-refractivity contribution >= 4 is 23.3 Å². The Bertz CT molecular complexity index is 422. The van der Waals surface area contributed by atoms with Crippen molar-refractivity contribution in [1.82, 2.24) is 0 Å². The number of hydrogen-bond donors (Lipinski definition) is 2. The van der Waals surface area contributed by atoms with Crippen molar-refractivity contribution in [2.75, 3.05) is 0 Å². The van der Waals surface area contributed by atoms with E-state index in [2.05, 4.69) is 0 Å². The molecule has 2 N–H and O–H groups in total. The smallest absolute Gasteiger partial charge is 0.346 e. The van der Waals surface area contributed by atoms with Crippen LogP contribution in [0.5, 0.6) is 0 Å². The SMILES string of the molecule is CCCCc1c(C(=O)O)sc(C(=O)O)c1CCCC. The Morgan fingerprint density at radius 2 is 1.26 bits per heavy atom. The molecule has 1 heterocycles. The van der Waals surface area contributed by atoms with Crippen molar-refractivity contribution in [1.29, 1.82) is 0 Å². The van der Waals surface area contributed by atoms with Crippen molar-refractivity contribution in [3.63, 3.8) is 0 Å². The van der Waals surface area contributed by atoms with Gasteiger partial charge in [-0.1, -0.05) is 26.7 Å². The molecule has 0 saturated carbocycles. The number of unbranched alkanes of at least 4 members (excludes halogenated alkanes) is 2. The third-order valence-electron chi connectivity index (χ3n) is 3.07. The molecule has 0 aliphatic heterocycles. The first-order chi connectivity index (χ1) is 9.02. The number of carboxylic acid groups (broad SMARTS) is 2. The fraction of sp³-hybridized carbons (Fsp3) is 0.571. The molecule has 0 aliphatic carbocycles. The minimum absolute atomic E-state index is 0.206. The number of carbonyl (C=O) groups is 2. The van der Waals surface area contributed by atoms with Crippen LogP contribution in [0.1, 0.15) is 70.0 Å². The maximum absolute atomic E-state index is 11.3. The molecular formula is C14H20O4S. The quantitative estimate of drug-likeness (QED) is 0.760. The lowest BCUT2D eigenvalue weighted by Gasteiger charge is -2.06. The van der Waals surface area contributed by atoms with Crippen molar-refractivity contribution in [2.45, 2.75) is 52.4 Å². The lowest BCUT2D eigenvalue weighted by atomic mass is 9.98. The van der Waals surface area contributed by atoms with Crippen LogP contribution in [0.3, 0.4) is 0 Å². The van der Waals surface area contributed by atoms with E-state index in [1.165, 1.54) is 0 Å². The Balaban J connectivity index is 3.25. The van der Waals surface area contributed by atoms with Gasteiger partial charge in [-0.2, -0.15) is 0 Å². The Morgan fingerprint density at radius 1 is 0.895 bits per heavy atom. The molecule has 0 bridgehead atoms. The Hall–Kier alpha value is -1.36. The van der Waals surface area contributed by atoms with E-state index in [-0.39, 0.29) is 9.75 Å². The average molecular weight is 284 g/mol. The van der Waals surface area contributed by atoms with Crippen LogP contribution < -0.4 is 0 Å². The highest BCUT2D eigenvalue weighted by atomic mass is 32.1. The summed E-state index contributed by atoms with van der Waals surface area (Å²) in [7, 11) is 0. The van der Waals surface area contributed by atoms with Gasteiger partial charge in [-0.05, 0) is 36.8 Å². The monoisotopic (exact) mass is 284 g/mol. The maximum Gasteiger partial charge on any atom is 0.346 e. The summed E-state index contributed by atoms with van der Waals surface area (Å²) in [6.45, 7) is 4.08. The molecule has 1 rings (SSSR count). The van der Waals surface area contributed by atoms with Gasteiger partial charge in [0, 0.05) is 0 Å². The van der Waals surface area contributed by atoms with Gasteiger partial charge in [0.05, 0.1) is 0 Å². The first-order valence-electron chi connectivity index (χ1n) is 6.64. The standard InChI is InChI=1S/C14H20O4S/c1-3-5-7-9-10(8-6-4-2)12(14(17)18)19-11(9)13(15)16/h3-8H2,1-2H3,(H,15,16)(H,17,18).